The summed E-state index contributed by atoms with van der Waals surface area (Å²) in [6, 6.07) is 8.42. The summed E-state index contributed by atoms with van der Waals surface area (Å²) in [5.41, 5.74) is 0.819. The Hall–Kier alpha value is -1.55. The zero-order chi connectivity index (χ0) is 18.2. The predicted molar refractivity (Wildman–Crippen MR) is 120 cm³/mol. The van der Waals surface area contributed by atoms with Gasteiger partial charge in [-0.15, -0.1) is 24.0 Å². The summed E-state index contributed by atoms with van der Waals surface area (Å²) in [5.74, 6) is 2.26. The Morgan fingerprint density at radius 1 is 1.37 bits per heavy atom. The van der Waals surface area contributed by atoms with Crippen LogP contribution in [0.1, 0.15) is 18.4 Å². The van der Waals surface area contributed by atoms with Gasteiger partial charge in [0.25, 0.3) is 0 Å². The molecule has 3 rings (SSSR count). The van der Waals surface area contributed by atoms with Crippen LogP contribution in [0.4, 0.5) is 4.39 Å². The van der Waals surface area contributed by atoms with Crippen molar-refractivity contribution in [1.82, 2.24) is 15.6 Å². The molecule has 2 heterocycles. The molecule has 1 aliphatic heterocycles. The number of pyridine rings is 1. The van der Waals surface area contributed by atoms with Crippen molar-refractivity contribution >= 4 is 41.7 Å². The first-order valence-electron chi connectivity index (χ1n) is 8.67. The molecule has 0 amide bonds. The number of guanidine groups is 1. The summed E-state index contributed by atoms with van der Waals surface area (Å²) in [4.78, 5) is 8.17. The molecule has 8 heteroatoms. The number of hydrogen-bond donors (Lipinski definition) is 2. The maximum Gasteiger partial charge on any atom is 0.191 e. The normalized spacial score (nSPS) is 16.5. The van der Waals surface area contributed by atoms with Crippen molar-refractivity contribution in [3.63, 3.8) is 0 Å². The summed E-state index contributed by atoms with van der Waals surface area (Å²) < 4.78 is 19.8. The van der Waals surface area contributed by atoms with E-state index in [1.807, 2.05) is 17.8 Å². The molecule has 1 aromatic carbocycles. The third kappa shape index (κ3) is 6.84. The van der Waals surface area contributed by atoms with Crippen molar-refractivity contribution in [1.29, 1.82) is 0 Å². The molecule has 5 nitrogen and oxygen atoms in total. The minimum absolute atomic E-state index is 0. The summed E-state index contributed by atoms with van der Waals surface area (Å²) in [7, 11) is 1.74. The van der Waals surface area contributed by atoms with Gasteiger partial charge in [0.2, 0.25) is 0 Å². The molecule has 1 unspecified atom stereocenters. The van der Waals surface area contributed by atoms with Gasteiger partial charge >= 0.3 is 0 Å². The highest BCUT2D eigenvalue weighted by Crippen LogP contribution is 2.25. The number of aliphatic imine (C=N–C) groups is 1. The van der Waals surface area contributed by atoms with E-state index in [9.17, 15) is 4.39 Å². The fourth-order valence-electron chi connectivity index (χ4n) is 2.69. The second-order valence-corrected chi connectivity index (χ2v) is 7.41. The van der Waals surface area contributed by atoms with E-state index < -0.39 is 5.82 Å². The van der Waals surface area contributed by atoms with Crippen molar-refractivity contribution in [3.8, 4) is 11.5 Å². The maximum absolute atomic E-state index is 14.3. The van der Waals surface area contributed by atoms with Crippen LogP contribution in [0.15, 0.2) is 47.7 Å². The van der Waals surface area contributed by atoms with Crippen LogP contribution in [0.5, 0.6) is 11.5 Å². The topological polar surface area (TPSA) is 58.5 Å². The zero-order valence-electron chi connectivity index (χ0n) is 15.2. The lowest BCUT2D eigenvalue weighted by atomic mass is 10.2. The van der Waals surface area contributed by atoms with Crippen molar-refractivity contribution in [2.45, 2.75) is 24.6 Å². The van der Waals surface area contributed by atoms with Gasteiger partial charge in [-0.1, -0.05) is 6.07 Å². The monoisotopic (exact) mass is 502 g/mol. The van der Waals surface area contributed by atoms with Crippen LogP contribution in [0.25, 0.3) is 0 Å². The Morgan fingerprint density at radius 3 is 2.93 bits per heavy atom. The molecule has 2 N–H and O–H groups in total. The third-order valence-corrected chi connectivity index (χ3v) is 5.46. The summed E-state index contributed by atoms with van der Waals surface area (Å²) in [6.45, 7) is 1.39. The summed E-state index contributed by atoms with van der Waals surface area (Å²) in [6.07, 6.45) is 5.73. The number of nitrogens with zero attached hydrogens (tertiary/aromatic N) is 2. The van der Waals surface area contributed by atoms with Crippen LogP contribution in [0.3, 0.4) is 0 Å². The highest BCUT2D eigenvalue weighted by molar-refractivity contribution is 14.0. The number of benzene rings is 1. The van der Waals surface area contributed by atoms with Gasteiger partial charge in [0.15, 0.2) is 17.5 Å². The first-order chi connectivity index (χ1) is 12.7. The van der Waals surface area contributed by atoms with Crippen LogP contribution in [0.2, 0.25) is 0 Å². The Bertz CT molecular complexity index is 742. The van der Waals surface area contributed by atoms with E-state index in [-0.39, 0.29) is 29.7 Å². The van der Waals surface area contributed by atoms with Gasteiger partial charge in [-0.25, -0.2) is 4.39 Å². The molecular formula is C19H24FIN4OS. The van der Waals surface area contributed by atoms with Gasteiger partial charge in [0, 0.05) is 31.6 Å². The van der Waals surface area contributed by atoms with E-state index in [0.717, 1.165) is 18.1 Å². The second-order valence-electron chi connectivity index (χ2n) is 6.00. The zero-order valence-corrected chi connectivity index (χ0v) is 18.3. The maximum atomic E-state index is 14.3. The number of nitrogens with one attached hydrogen (secondary N) is 2. The van der Waals surface area contributed by atoms with Gasteiger partial charge in [-0.05, 0) is 48.4 Å². The quantitative estimate of drug-likeness (QED) is 0.353. The number of aromatic nitrogens is 1. The second kappa shape index (κ2) is 11.3. The number of halogens is 2. The van der Waals surface area contributed by atoms with Crippen molar-refractivity contribution in [3.05, 3.63) is 54.1 Å². The predicted octanol–water partition coefficient (Wildman–Crippen LogP) is 4.19. The summed E-state index contributed by atoms with van der Waals surface area (Å²) in [5, 5.41) is 7.20. The number of ether oxygens (including phenoxy) is 1. The highest BCUT2D eigenvalue weighted by atomic mass is 127. The SMILES string of the molecule is CN=C(NCc1ccc(Oc2cccnc2)c(F)c1)NCC1CCCS1.I. The highest BCUT2D eigenvalue weighted by Gasteiger charge is 2.15. The molecule has 0 spiro atoms. The third-order valence-electron chi connectivity index (χ3n) is 4.06. The van der Waals surface area contributed by atoms with Gasteiger partial charge in [0.05, 0.1) is 6.20 Å². The average Bonchev–Trinajstić information content (AvgIpc) is 3.18. The van der Waals surface area contributed by atoms with Crippen LogP contribution in [0, 0.1) is 5.82 Å². The van der Waals surface area contributed by atoms with Crippen molar-refractivity contribution < 1.29 is 9.13 Å². The largest absolute Gasteiger partial charge is 0.453 e. The van der Waals surface area contributed by atoms with Crippen LogP contribution in [-0.2, 0) is 6.54 Å². The first kappa shape index (κ1) is 21.7. The van der Waals surface area contributed by atoms with E-state index in [4.69, 9.17) is 4.74 Å². The smallest absolute Gasteiger partial charge is 0.191 e. The van der Waals surface area contributed by atoms with Crippen LogP contribution >= 0.6 is 35.7 Å². The molecule has 0 bridgehead atoms. The Labute approximate surface area is 180 Å². The van der Waals surface area contributed by atoms with Crippen LogP contribution in [-0.4, -0.2) is 35.5 Å². The molecule has 0 saturated carbocycles. The summed E-state index contributed by atoms with van der Waals surface area (Å²) >= 11 is 2.00. The average molecular weight is 502 g/mol. The molecule has 0 radical (unpaired) electrons. The minimum Gasteiger partial charge on any atom is -0.453 e. The lowest BCUT2D eigenvalue weighted by molar-refractivity contribution is 0.440. The molecule has 1 saturated heterocycles. The van der Waals surface area contributed by atoms with E-state index >= 15 is 0 Å². The fraction of sp³-hybridized carbons (Fsp3) is 0.368. The van der Waals surface area contributed by atoms with E-state index in [2.05, 4.69) is 20.6 Å². The Kier molecular flexibility index (Phi) is 9.12. The van der Waals surface area contributed by atoms with Crippen molar-refractivity contribution in [2.75, 3.05) is 19.3 Å². The molecule has 1 aliphatic rings. The Balaban J connectivity index is 0.00000261. The van der Waals surface area contributed by atoms with E-state index in [0.29, 0.717) is 17.5 Å². The van der Waals surface area contributed by atoms with Crippen molar-refractivity contribution in [2.24, 2.45) is 4.99 Å². The number of rotatable bonds is 6. The lowest BCUT2D eigenvalue weighted by Gasteiger charge is -2.15. The number of thioether (sulfide) groups is 1. The minimum atomic E-state index is -0.404. The molecule has 146 valence electrons. The standard InChI is InChI=1S/C19H23FN4OS.HI/c1-21-19(24-13-16-5-3-9-26-16)23-11-14-6-7-18(17(20)10-14)25-15-4-2-8-22-12-15;/h2,4,6-8,10,12,16H,3,5,9,11,13H2,1H3,(H2,21,23,24);1H. The van der Waals surface area contributed by atoms with E-state index in [1.54, 1.807) is 37.6 Å². The van der Waals surface area contributed by atoms with E-state index in [1.165, 1.54) is 24.7 Å². The molecule has 0 aliphatic carbocycles. The molecule has 27 heavy (non-hydrogen) atoms. The molecule has 1 atom stereocenters. The number of hydrogen-bond acceptors (Lipinski definition) is 4. The van der Waals surface area contributed by atoms with Gasteiger partial charge in [-0.2, -0.15) is 11.8 Å². The first-order valence-corrected chi connectivity index (χ1v) is 9.72. The molecule has 2 aromatic rings. The molecular weight excluding hydrogens is 478 g/mol. The lowest BCUT2D eigenvalue weighted by Crippen LogP contribution is -2.39. The van der Waals surface area contributed by atoms with Crippen LogP contribution < -0.4 is 15.4 Å². The van der Waals surface area contributed by atoms with Gasteiger partial charge in [0.1, 0.15) is 5.75 Å². The van der Waals surface area contributed by atoms with Gasteiger partial charge < -0.3 is 15.4 Å². The van der Waals surface area contributed by atoms with Gasteiger partial charge in [-0.3, -0.25) is 9.98 Å². The Morgan fingerprint density at radius 2 is 2.26 bits per heavy atom. The molecule has 1 fully saturated rings. The molecule has 1 aromatic heterocycles. The fourth-order valence-corrected chi connectivity index (χ4v) is 3.89.